The van der Waals surface area contributed by atoms with Crippen LogP contribution < -0.4 is 14.8 Å². The fourth-order valence-corrected chi connectivity index (χ4v) is 3.85. The molecule has 3 aromatic rings. The van der Waals surface area contributed by atoms with Crippen LogP contribution in [-0.2, 0) is 11.4 Å². The molecule has 3 aromatic carbocycles. The van der Waals surface area contributed by atoms with Crippen LogP contribution in [0.2, 0.25) is 0 Å². The van der Waals surface area contributed by atoms with Crippen molar-refractivity contribution in [3.05, 3.63) is 99.3 Å². The second kappa shape index (κ2) is 12.0. The molecule has 0 radical (unpaired) electrons. The zero-order valence-corrected chi connectivity index (χ0v) is 20.4. The van der Waals surface area contributed by atoms with Crippen molar-refractivity contribution in [2.45, 2.75) is 26.5 Å². The number of benzene rings is 3. The normalized spacial score (nSPS) is 11.9. The summed E-state index contributed by atoms with van der Waals surface area (Å²) in [4.78, 5) is 12.7. The van der Waals surface area contributed by atoms with Gasteiger partial charge in [0.2, 0.25) is 0 Å². The number of rotatable bonds is 9. The number of nitrogens with one attached hydrogen (secondary N) is 1. The molecule has 0 saturated carbocycles. The maximum atomic E-state index is 13.5. The van der Waals surface area contributed by atoms with E-state index < -0.39 is 5.91 Å². The quantitative estimate of drug-likeness (QED) is 0.262. The number of hydrogen-bond acceptors (Lipinski definition) is 4. The van der Waals surface area contributed by atoms with E-state index in [0.29, 0.717) is 33.7 Å². The monoisotopic (exact) mass is 522 g/mol. The van der Waals surface area contributed by atoms with Crippen molar-refractivity contribution in [3.8, 4) is 17.6 Å². The van der Waals surface area contributed by atoms with Crippen LogP contribution in [0.4, 0.5) is 4.39 Å². The Balaban J connectivity index is 1.82. The van der Waals surface area contributed by atoms with E-state index in [1.165, 1.54) is 18.2 Å². The molecule has 0 aliphatic carbocycles. The first kappa shape index (κ1) is 25.0. The van der Waals surface area contributed by atoms with Gasteiger partial charge in [-0.3, -0.25) is 4.79 Å². The summed E-state index contributed by atoms with van der Waals surface area (Å²) in [5, 5.41) is 12.4. The van der Waals surface area contributed by atoms with Crippen molar-refractivity contribution in [1.82, 2.24) is 5.32 Å². The first-order chi connectivity index (χ1) is 16.4. The SMILES string of the molecule is CCOc1cc(/C=C(/C#N)C(=O)N[C@@H](C)c2ccccc2)cc(Br)c1OCc1cccc(F)c1. The number of carbonyl (C=O) groups is 1. The summed E-state index contributed by atoms with van der Waals surface area (Å²) in [6, 6.07) is 20.8. The highest BCUT2D eigenvalue weighted by atomic mass is 79.9. The number of carbonyl (C=O) groups excluding carboxylic acids is 1. The summed E-state index contributed by atoms with van der Waals surface area (Å²) in [7, 11) is 0. The molecule has 0 heterocycles. The predicted octanol–water partition coefficient (Wildman–Crippen LogP) is 6.35. The summed E-state index contributed by atoms with van der Waals surface area (Å²) in [6.07, 6.45) is 1.50. The fraction of sp³-hybridized carbons (Fsp3) is 0.185. The van der Waals surface area contributed by atoms with Gasteiger partial charge in [-0.1, -0.05) is 42.5 Å². The van der Waals surface area contributed by atoms with Crippen LogP contribution in [-0.4, -0.2) is 12.5 Å². The van der Waals surface area contributed by atoms with Crippen molar-refractivity contribution in [3.63, 3.8) is 0 Å². The molecule has 5 nitrogen and oxygen atoms in total. The largest absolute Gasteiger partial charge is 0.490 e. The number of halogens is 2. The molecule has 3 rings (SSSR count). The van der Waals surface area contributed by atoms with Gasteiger partial charge in [-0.15, -0.1) is 0 Å². The Morgan fingerprint density at radius 1 is 1.15 bits per heavy atom. The molecule has 7 heteroatoms. The Morgan fingerprint density at radius 3 is 2.59 bits per heavy atom. The Morgan fingerprint density at radius 2 is 1.91 bits per heavy atom. The lowest BCUT2D eigenvalue weighted by Crippen LogP contribution is -2.27. The number of hydrogen-bond donors (Lipinski definition) is 1. The molecule has 0 aromatic heterocycles. The molecule has 0 aliphatic rings. The van der Waals surface area contributed by atoms with Gasteiger partial charge in [-0.25, -0.2) is 4.39 Å². The van der Waals surface area contributed by atoms with E-state index in [1.54, 1.807) is 24.3 Å². The van der Waals surface area contributed by atoms with E-state index in [-0.39, 0.29) is 24.0 Å². The number of nitriles is 1. The van der Waals surface area contributed by atoms with Gasteiger partial charge in [-0.2, -0.15) is 5.26 Å². The number of ether oxygens (including phenoxy) is 2. The standard InChI is InChI=1S/C27H24BrFN2O3/c1-3-33-25-15-20(14-24(28)26(25)34-17-19-8-7-11-23(29)13-19)12-22(16-30)27(32)31-18(2)21-9-5-4-6-10-21/h4-15,18H,3,17H2,1-2H3,(H,31,32)/b22-12-/t18-/m0/s1. The van der Waals surface area contributed by atoms with Gasteiger partial charge in [0.05, 0.1) is 17.1 Å². The molecule has 0 fully saturated rings. The summed E-state index contributed by atoms with van der Waals surface area (Å²) in [5.74, 6) is 0.0766. The smallest absolute Gasteiger partial charge is 0.262 e. The van der Waals surface area contributed by atoms with Crippen molar-refractivity contribution in [1.29, 1.82) is 5.26 Å². The van der Waals surface area contributed by atoms with E-state index in [0.717, 1.165) is 5.56 Å². The van der Waals surface area contributed by atoms with Gasteiger partial charge >= 0.3 is 0 Å². The van der Waals surface area contributed by atoms with Crippen LogP contribution in [0.1, 0.15) is 36.6 Å². The molecule has 0 saturated heterocycles. The van der Waals surface area contributed by atoms with Crippen LogP contribution in [0.25, 0.3) is 6.08 Å². The van der Waals surface area contributed by atoms with Crippen molar-refractivity contribution < 1.29 is 18.7 Å². The van der Waals surface area contributed by atoms with E-state index in [9.17, 15) is 14.4 Å². The topological polar surface area (TPSA) is 71.3 Å². The summed E-state index contributed by atoms with van der Waals surface area (Å²) >= 11 is 3.48. The van der Waals surface area contributed by atoms with Crippen LogP contribution in [0.5, 0.6) is 11.5 Å². The van der Waals surface area contributed by atoms with Crippen LogP contribution in [0, 0.1) is 17.1 Å². The minimum atomic E-state index is -0.473. The zero-order chi connectivity index (χ0) is 24.5. The minimum absolute atomic E-state index is 0.0365. The maximum Gasteiger partial charge on any atom is 0.262 e. The second-order valence-electron chi connectivity index (χ2n) is 7.46. The Bertz CT molecular complexity index is 1220. The molecule has 0 aliphatic heterocycles. The molecule has 174 valence electrons. The Kier molecular flexibility index (Phi) is 8.83. The zero-order valence-electron chi connectivity index (χ0n) is 18.8. The average molecular weight is 523 g/mol. The highest BCUT2D eigenvalue weighted by Gasteiger charge is 2.16. The van der Waals surface area contributed by atoms with E-state index in [1.807, 2.05) is 50.2 Å². The van der Waals surface area contributed by atoms with E-state index in [2.05, 4.69) is 21.2 Å². The maximum absolute atomic E-state index is 13.5. The highest BCUT2D eigenvalue weighted by molar-refractivity contribution is 9.10. The van der Waals surface area contributed by atoms with Gasteiger partial charge in [0.1, 0.15) is 24.1 Å². The summed E-state index contributed by atoms with van der Waals surface area (Å²) in [5.41, 5.74) is 2.17. The van der Waals surface area contributed by atoms with Crippen molar-refractivity contribution in [2.24, 2.45) is 0 Å². The lowest BCUT2D eigenvalue weighted by atomic mass is 10.1. The van der Waals surface area contributed by atoms with Gasteiger partial charge in [0.15, 0.2) is 11.5 Å². The van der Waals surface area contributed by atoms with Gasteiger partial charge in [-0.05, 0) is 76.8 Å². The lowest BCUT2D eigenvalue weighted by molar-refractivity contribution is -0.117. The predicted molar refractivity (Wildman–Crippen MR) is 133 cm³/mol. The molecule has 0 spiro atoms. The molecular weight excluding hydrogens is 499 g/mol. The van der Waals surface area contributed by atoms with Crippen LogP contribution in [0.3, 0.4) is 0 Å². The Hall–Kier alpha value is -3.63. The molecule has 0 unspecified atom stereocenters. The third-order valence-electron chi connectivity index (χ3n) is 4.93. The second-order valence-corrected chi connectivity index (χ2v) is 8.31. The van der Waals surface area contributed by atoms with E-state index in [4.69, 9.17) is 9.47 Å². The summed E-state index contributed by atoms with van der Waals surface area (Å²) in [6.45, 7) is 4.23. The first-order valence-electron chi connectivity index (χ1n) is 10.7. The van der Waals surface area contributed by atoms with Crippen LogP contribution >= 0.6 is 15.9 Å². The average Bonchev–Trinajstić information content (AvgIpc) is 2.82. The van der Waals surface area contributed by atoms with Gasteiger partial charge in [0.25, 0.3) is 5.91 Å². The minimum Gasteiger partial charge on any atom is -0.490 e. The van der Waals surface area contributed by atoms with Gasteiger partial charge < -0.3 is 14.8 Å². The van der Waals surface area contributed by atoms with Crippen LogP contribution in [0.15, 0.2) is 76.8 Å². The molecule has 34 heavy (non-hydrogen) atoms. The molecule has 1 amide bonds. The highest BCUT2D eigenvalue weighted by Crippen LogP contribution is 2.38. The molecular formula is C27H24BrFN2O3. The lowest BCUT2D eigenvalue weighted by Gasteiger charge is -2.15. The number of nitrogens with zero attached hydrogens (tertiary/aromatic N) is 1. The number of amides is 1. The Labute approximate surface area is 207 Å². The van der Waals surface area contributed by atoms with Crippen molar-refractivity contribution in [2.75, 3.05) is 6.61 Å². The molecule has 1 N–H and O–H groups in total. The van der Waals surface area contributed by atoms with E-state index >= 15 is 0 Å². The third kappa shape index (κ3) is 6.69. The van der Waals surface area contributed by atoms with Crippen molar-refractivity contribution >= 4 is 27.9 Å². The first-order valence-corrected chi connectivity index (χ1v) is 11.5. The fourth-order valence-electron chi connectivity index (χ4n) is 3.27. The molecule has 0 bridgehead atoms. The summed E-state index contributed by atoms with van der Waals surface area (Å²) < 4.78 is 25.7. The molecule has 1 atom stereocenters. The van der Waals surface area contributed by atoms with Gasteiger partial charge in [0, 0.05) is 0 Å². The third-order valence-corrected chi connectivity index (χ3v) is 5.52.